The Kier molecular flexibility index (Phi) is 12.8. The van der Waals surface area contributed by atoms with Crippen molar-refractivity contribution in [2.75, 3.05) is 7.11 Å². The van der Waals surface area contributed by atoms with Crippen LogP contribution in [0.4, 0.5) is 0 Å². The van der Waals surface area contributed by atoms with Crippen molar-refractivity contribution in [2.45, 2.75) is 51.9 Å². The van der Waals surface area contributed by atoms with E-state index in [9.17, 15) is 4.79 Å². The minimum absolute atomic E-state index is 0.115. The van der Waals surface area contributed by atoms with Crippen LogP contribution in [0.15, 0.2) is 36.5 Å². The van der Waals surface area contributed by atoms with Crippen LogP contribution in [0.3, 0.4) is 0 Å². The summed E-state index contributed by atoms with van der Waals surface area (Å²) in [4.78, 5) is 10.8. The molecule has 0 saturated carbocycles. The summed E-state index contributed by atoms with van der Waals surface area (Å²) in [5, 5.41) is 0. The zero-order chi connectivity index (χ0) is 13.5. The van der Waals surface area contributed by atoms with Crippen molar-refractivity contribution in [3.8, 4) is 0 Å². The normalized spacial score (nSPS) is 11.9. The van der Waals surface area contributed by atoms with Gasteiger partial charge in [0.1, 0.15) is 0 Å². The molecule has 0 aromatic rings. The number of hydrogen-bond acceptors (Lipinski definition) is 2. The zero-order valence-corrected chi connectivity index (χ0v) is 11.7. The van der Waals surface area contributed by atoms with Gasteiger partial charge in [0.15, 0.2) is 0 Å². The van der Waals surface area contributed by atoms with E-state index in [-0.39, 0.29) is 5.97 Å². The van der Waals surface area contributed by atoms with Crippen molar-refractivity contribution in [1.29, 1.82) is 0 Å². The second-order valence-electron chi connectivity index (χ2n) is 4.18. The topological polar surface area (TPSA) is 26.3 Å². The average molecular weight is 250 g/mol. The highest BCUT2D eigenvalue weighted by molar-refractivity contribution is 5.68. The van der Waals surface area contributed by atoms with Crippen molar-refractivity contribution in [1.82, 2.24) is 0 Å². The lowest BCUT2D eigenvalue weighted by Crippen LogP contribution is -1.98. The van der Waals surface area contributed by atoms with Gasteiger partial charge in [-0.2, -0.15) is 0 Å². The first-order valence-electron chi connectivity index (χ1n) is 6.81. The van der Waals surface area contributed by atoms with E-state index in [1.165, 1.54) is 20.0 Å². The Morgan fingerprint density at radius 1 is 0.944 bits per heavy atom. The summed E-state index contributed by atoms with van der Waals surface area (Å²) in [5.41, 5.74) is 0. The van der Waals surface area contributed by atoms with E-state index < -0.39 is 0 Å². The maximum absolute atomic E-state index is 10.8. The molecule has 0 saturated heterocycles. The molecule has 0 unspecified atom stereocenters. The molecule has 2 nitrogen and oxygen atoms in total. The number of esters is 1. The molecule has 0 aromatic heterocycles. The van der Waals surface area contributed by atoms with Crippen LogP contribution in [0.25, 0.3) is 0 Å². The van der Waals surface area contributed by atoms with Crippen LogP contribution in [0.5, 0.6) is 0 Å². The summed E-state index contributed by atoms with van der Waals surface area (Å²) in [7, 11) is 1.43. The van der Waals surface area contributed by atoms with Crippen LogP contribution >= 0.6 is 0 Å². The summed E-state index contributed by atoms with van der Waals surface area (Å²) in [6, 6.07) is 0. The summed E-state index contributed by atoms with van der Waals surface area (Å²) < 4.78 is 4.58. The van der Waals surface area contributed by atoms with Crippen molar-refractivity contribution in [3.63, 3.8) is 0 Å². The molecule has 2 heteroatoms. The predicted molar refractivity (Wildman–Crippen MR) is 77.4 cm³/mol. The second kappa shape index (κ2) is 13.8. The highest BCUT2D eigenvalue weighted by Gasteiger charge is 1.96. The van der Waals surface area contributed by atoms with Gasteiger partial charge in [0.2, 0.25) is 0 Å². The lowest BCUT2D eigenvalue weighted by molar-refractivity contribution is -0.140. The standard InChI is InChI=1S/C16H26O2/c1-3-4-5-6-7-8-9-10-11-12-13-14-15-16(17)18-2/h3-6,11-12H,7-10,13-15H2,1-2H3. The molecule has 0 aliphatic carbocycles. The maximum atomic E-state index is 10.8. The predicted octanol–water partition coefficient (Wildman–Crippen LogP) is 4.58. The van der Waals surface area contributed by atoms with E-state index in [0.717, 1.165) is 25.7 Å². The van der Waals surface area contributed by atoms with Gasteiger partial charge in [-0.05, 0) is 45.4 Å². The number of unbranched alkanes of at least 4 members (excludes halogenated alkanes) is 4. The highest BCUT2D eigenvalue weighted by atomic mass is 16.5. The molecule has 0 aromatic carbocycles. The Morgan fingerprint density at radius 2 is 1.56 bits per heavy atom. The number of methoxy groups -OCH3 is 1. The fraction of sp³-hybridized carbons (Fsp3) is 0.562. The van der Waals surface area contributed by atoms with Gasteiger partial charge in [-0.3, -0.25) is 4.79 Å². The second-order valence-corrected chi connectivity index (χ2v) is 4.18. The smallest absolute Gasteiger partial charge is 0.305 e. The number of rotatable bonds is 10. The van der Waals surface area contributed by atoms with E-state index in [1.807, 2.05) is 13.0 Å². The first kappa shape index (κ1) is 16.7. The Labute approximate surface area is 111 Å². The lowest BCUT2D eigenvalue weighted by Gasteiger charge is -1.96. The molecule has 0 radical (unpaired) electrons. The first-order valence-corrected chi connectivity index (χ1v) is 6.81. The Morgan fingerprint density at radius 3 is 2.17 bits per heavy atom. The van der Waals surface area contributed by atoms with Gasteiger partial charge in [-0.15, -0.1) is 0 Å². The van der Waals surface area contributed by atoms with E-state index in [4.69, 9.17) is 0 Å². The summed E-state index contributed by atoms with van der Waals surface area (Å²) in [6.45, 7) is 2.02. The van der Waals surface area contributed by atoms with Crippen molar-refractivity contribution < 1.29 is 9.53 Å². The van der Waals surface area contributed by atoms with Crippen LogP contribution in [-0.4, -0.2) is 13.1 Å². The minimum atomic E-state index is -0.115. The van der Waals surface area contributed by atoms with Crippen molar-refractivity contribution in [2.24, 2.45) is 0 Å². The number of hydrogen-bond donors (Lipinski definition) is 0. The molecule has 18 heavy (non-hydrogen) atoms. The van der Waals surface area contributed by atoms with Crippen LogP contribution in [0.2, 0.25) is 0 Å². The van der Waals surface area contributed by atoms with Crippen LogP contribution in [0, 0.1) is 0 Å². The molecule has 102 valence electrons. The summed E-state index contributed by atoms with van der Waals surface area (Å²) in [5.74, 6) is -0.115. The van der Waals surface area contributed by atoms with E-state index in [1.54, 1.807) is 0 Å². The SMILES string of the molecule is CC=CC=CCCCCC=CCCCC(=O)OC. The Bertz CT molecular complexity index is 275. The maximum Gasteiger partial charge on any atom is 0.305 e. The monoisotopic (exact) mass is 250 g/mol. The van der Waals surface area contributed by atoms with Crippen LogP contribution in [-0.2, 0) is 9.53 Å². The molecule has 0 amide bonds. The molecule has 0 heterocycles. The average Bonchev–Trinajstić information content (AvgIpc) is 2.39. The van der Waals surface area contributed by atoms with Crippen molar-refractivity contribution >= 4 is 5.97 Å². The van der Waals surface area contributed by atoms with Gasteiger partial charge < -0.3 is 4.74 Å². The quantitative estimate of drug-likeness (QED) is 0.245. The zero-order valence-electron chi connectivity index (χ0n) is 11.7. The van der Waals surface area contributed by atoms with Gasteiger partial charge in [-0.25, -0.2) is 0 Å². The molecule has 0 aliphatic rings. The third-order valence-electron chi connectivity index (χ3n) is 2.58. The Hall–Kier alpha value is -1.31. The van der Waals surface area contributed by atoms with Gasteiger partial charge in [0, 0.05) is 6.42 Å². The molecular formula is C16H26O2. The largest absolute Gasteiger partial charge is 0.469 e. The molecule has 0 N–H and O–H groups in total. The van der Waals surface area contributed by atoms with Gasteiger partial charge in [0.25, 0.3) is 0 Å². The molecule has 0 rings (SSSR count). The summed E-state index contributed by atoms with van der Waals surface area (Å²) >= 11 is 0. The van der Waals surface area contributed by atoms with E-state index in [2.05, 4.69) is 35.1 Å². The van der Waals surface area contributed by atoms with Gasteiger partial charge >= 0.3 is 5.97 Å². The van der Waals surface area contributed by atoms with Crippen LogP contribution < -0.4 is 0 Å². The molecule has 0 spiro atoms. The van der Waals surface area contributed by atoms with E-state index in [0.29, 0.717) is 6.42 Å². The number of carbonyl (C=O) groups excluding carboxylic acids is 1. The molecule has 0 aliphatic heterocycles. The number of allylic oxidation sites excluding steroid dienone is 6. The summed E-state index contributed by atoms with van der Waals surface area (Å²) in [6.07, 6.45) is 19.9. The van der Waals surface area contributed by atoms with Gasteiger partial charge in [0.05, 0.1) is 7.11 Å². The van der Waals surface area contributed by atoms with Crippen LogP contribution in [0.1, 0.15) is 51.9 Å². The molecule has 0 atom stereocenters. The lowest BCUT2D eigenvalue weighted by atomic mass is 10.1. The molecular weight excluding hydrogens is 224 g/mol. The Balaban J connectivity index is 3.25. The third kappa shape index (κ3) is 12.8. The fourth-order valence-corrected chi connectivity index (χ4v) is 1.51. The van der Waals surface area contributed by atoms with Crippen molar-refractivity contribution in [3.05, 3.63) is 36.5 Å². The molecule has 0 bridgehead atoms. The highest BCUT2D eigenvalue weighted by Crippen LogP contribution is 2.04. The van der Waals surface area contributed by atoms with E-state index >= 15 is 0 Å². The first-order chi connectivity index (χ1) is 8.81. The fourth-order valence-electron chi connectivity index (χ4n) is 1.51. The van der Waals surface area contributed by atoms with Gasteiger partial charge in [-0.1, -0.05) is 36.5 Å². The number of ether oxygens (including phenoxy) is 1. The third-order valence-corrected chi connectivity index (χ3v) is 2.58. The minimum Gasteiger partial charge on any atom is -0.469 e. The molecule has 0 fully saturated rings. The number of carbonyl (C=O) groups is 1.